The number of phenolic OH excluding ortho intramolecular Hbond substituents is 1. The zero-order valence-electron chi connectivity index (χ0n) is 10.7. The van der Waals surface area contributed by atoms with Gasteiger partial charge in [0.05, 0.1) is 28.4 Å². The fourth-order valence-corrected chi connectivity index (χ4v) is 2.71. The average molecular weight is 454 g/mol. The van der Waals surface area contributed by atoms with E-state index in [1.54, 1.807) is 24.3 Å². The third-order valence-corrected chi connectivity index (χ3v) is 5.41. The minimum absolute atomic E-state index is 0.00335. The molecule has 0 atom stereocenters. The van der Waals surface area contributed by atoms with Gasteiger partial charge < -0.3 is 9.84 Å². The van der Waals surface area contributed by atoms with Gasteiger partial charge in [0.2, 0.25) is 0 Å². The molecule has 2 aromatic carbocycles. The Labute approximate surface area is 148 Å². The molecule has 0 aromatic heterocycles. The van der Waals surface area contributed by atoms with Crippen molar-refractivity contribution in [1.82, 2.24) is 0 Å². The summed E-state index contributed by atoms with van der Waals surface area (Å²) < 4.78 is 6.52. The van der Waals surface area contributed by atoms with Crippen molar-refractivity contribution in [2.24, 2.45) is 4.99 Å². The van der Waals surface area contributed by atoms with Crippen molar-refractivity contribution < 1.29 is 9.84 Å². The number of methoxy groups -OCH3 is 1. The Kier molecular flexibility index (Phi) is 5.54. The molecule has 0 amide bonds. The molecular formula is C14H9Br2Cl2NO2. The van der Waals surface area contributed by atoms with Crippen LogP contribution in [0, 0.1) is 0 Å². The number of ether oxygens (including phenoxy) is 1. The fraction of sp³-hybridized carbons (Fsp3) is 0.0714. The second-order valence-electron chi connectivity index (χ2n) is 3.99. The number of hydrogen-bond donors (Lipinski definition) is 1. The van der Waals surface area contributed by atoms with E-state index in [1.807, 2.05) is 0 Å². The lowest BCUT2D eigenvalue weighted by Gasteiger charge is -2.09. The van der Waals surface area contributed by atoms with Gasteiger partial charge in [-0.15, -0.1) is 0 Å². The van der Waals surface area contributed by atoms with Gasteiger partial charge in [-0.05, 0) is 56.1 Å². The Morgan fingerprint density at radius 3 is 2.52 bits per heavy atom. The molecule has 0 aliphatic rings. The van der Waals surface area contributed by atoms with E-state index in [0.717, 1.165) is 4.47 Å². The highest BCUT2D eigenvalue weighted by atomic mass is 79.9. The number of hydrogen-bond acceptors (Lipinski definition) is 3. The van der Waals surface area contributed by atoms with Gasteiger partial charge in [0.1, 0.15) is 0 Å². The van der Waals surface area contributed by atoms with E-state index in [2.05, 4.69) is 36.9 Å². The number of rotatable bonds is 3. The van der Waals surface area contributed by atoms with Crippen molar-refractivity contribution in [2.75, 3.05) is 7.11 Å². The van der Waals surface area contributed by atoms with Crippen LogP contribution in [0.4, 0.5) is 5.69 Å². The molecule has 0 unspecified atom stereocenters. The van der Waals surface area contributed by atoms with Crippen molar-refractivity contribution in [1.29, 1.82) is 0 Å². The third kappa shape index (κ3) is 3.72. The Bertz CT molecular complexity index is 721. The molecule has 0 radical (unpaired) electrons. The quantitative estimate of drug-likeness (QED) is 0.580. The summed E-state index contributed by atoms with van der Waals surface area (Å²) in [5.74, 6) is 0.344. The SMILES string of the molecule is COc1cc(Br)c(Br)c(C=Nc2ccc(Cl)c(Cl)c2)c1O. The van der Waals surface area contributed by atoms with Gasteiger partial charge in [-0.2, -0.15) is 0 Å². The van der Waals surface area contributed by atoms with E-state index in [0.29, 0.717) is 31.5 Å². The molecule has 0 bridgehead atoms. The van der Waals surface area contributed by atoms with Crippen molar-refractivity contribution in [2.45, 2.75) is 0 Å². The van der Waals surface area contributed by atoms with Crippen molar-refractivity contribution in [3.63, 3.8) is 0 Å². The summed E-state index contributed by atoms with van der Waals surface area (Å²) in [5.41, 5.74) is 1.11. The number of benzene rings is 2. The summed E-state index contributed by atoms with van der Waals surface area (Å²) in [6.45, 7) is 0. The molecule has 2 rings (SSSR count). The van der Waals surface area contributed by atoms with Crippen LogP contribution in [0.5, 0.6) is 11.5 Å². The summed E-state index contributed by atoms with van der Waals surface area (Å²) in [5, 5.41) is 11.0. The molecule has 7 heteroatoms. The maximum atomic E-state index is 10.2. The second-order valence-corrected chi connectivity index (χ2v) is 6.46. The Morgan fingerprint density at radius 1 is 1.19 bits per heavy atom. The molecule has 0 aliphatic carbocycles. The summed E-state index contributed by atoms with van der Waals surface area (Å²) in [7, 11) is 1.48. The molecule has 21 heavy (non-hydrogen) atoms. The zero-order valence-corrected chi connectivity index (χ0v) is 15.4. The van der Waals surface area contributed by atoms with Crippen LogP contribution in [-0.4, -0.2) is 18.4 Å². The predicted molar refractivity (Wildman–Crippen MR) is 93.8 cm³/mol. The van der Waals surface area contributed by atoms with Crippen LogP contribution in [0.2, 0.25) is 10.0 Å². The van der Waals surface area contributed by atoms with Crippen molar-refractivity contribution >= 4 is 67.0 Å². The fourth-order valence-electron chi connectivity index (χ4n) is 1.59. The number of nitrogens with zero attached hydrogens (tertiary/aromatic N) is 1. The van der Waals surface area contributed by atoms with Gasteiger partial charge in [-0.3, -0.25) is 4.99 Å². The van der Waals surface area contributed by atoms with Crippen LogP contribution in [0.15, 0.2) is 38.2 Å². The lowest BCUT2D eigenvalue weighted by molar-refractivity contribution is 0.372. The number of halogens is 4. The Morgan fingerprint density at radius 2 is 1.90 bits per heavy atom. The lowest BCUT2D eigenvalue weighted by atomic mass is 10.2. The van der Waals surface area contributed by atoms with Crippen LogP contribution in [-0.2, 0) is 0 Å². The van der Waals surface area contributed by atoms with Crippen molar-refractivity contribution in [3.8, 4) is 11.5 Å². The second kappa shape index (κ2) is 7.01. The first-order valence-electron chi connectivity index (χ1n) is 5.68. The molecule has 1 N–H and O–H groups in total. The van der Waals surface area contributed by atoms with E-state index >= 15 is 0 Å². The number of aromatic hydroxyl groups is 1. The van der Waals surface area contributed by atoms with E-state index in [1.165, 1.54) is 13.3 Å². The average Bonchev–Trinajstić information content (AvgIpc) is 2.46. The van der Waals surface area contributed by atoms with E-state index < -0.39 is 0 Å². The molecule has 0 heterocycles. The monoisotopic (exact) mass is 451 g/mol. The first-order chi connectivity index (χ1) is 9.93. The third-order valence-electron chi connectivity index (χ3n) is 2.66. The topological polar surface area (TPSA) is 41.8 Å². The van der Waals surface area contributed by atoms with Gasteiger partial charge in [0, 0.05) is 15.2 Å². The van der Waals surface area contributed by atoms with Gasteiger partial charge in [0.15, 0.2) is 11.5 Å². The Balaban J connectivity index is 2.45. The van der Waals surface area contributed by atoms with Crippen LogP contribution in [0.25, 0.3) is 0 Å². The maximum Gasteiger partial charge on any atom is 0.167 e. The molecule has 0 saturated heterocycles. The molecule has 0 aliphatic heterocycles. The normalized spacial score (nSPS) is 11.1. The standard InChI is InChI=1S/C14H9Br2Cl2NO2/c1-21-12-5-9(15)13(16)8(14(12)20)6-19-7-2-3-10(17)11(18)4-7/h2-6,20H,1H3. The van der Waals surface area contributed by atoms with Gasteiger partial charge >= 0.3 is 0 Å². The summed E-state index contributed by atoms with van der Waals surface area (Å²) in [6, 6.07) is 6.69. The molecule has 110 valence electrons. The number of aliphatic imine (C=N–C) groups is 1. The van der Waals surface area contributed by atoms with Gasteiger partial charge in [-0.1, -0.05) is 23.2 Å². The van der Waals surface area contributed by atoms with Crippen LogP contribution in [0.3, 0.4) is 0 Å². The smallest absolute Gasteiger partial charge is 0.167 e. The molecule has 0 spiro atoms. The summed E-state index contributed by atoms with van der Waals surface area (Å²) in [6.07, 6.45) is 1.52. The van der Waals surface area contributed by atoms with Gasteiger partial charge in [-0.25, -0.2) is 0 Å². The van der Waals surface area contributed by atoms with E-state index in [4.69, 9.17) is 27.9 Å². The minimum Gasteiger partial charge on any atom is -0.504 e. The highest BCUT2D eigenvalue weighted by Crippen LogP contribution is 2.39. The summed E-state index contributed by atoms with van der Waals surface area (Å²) >= 11 is 18.6. The van der Waals surface area contributed by atoms with E-state index in [-0.39, 0.29) is 5.75 Å². The first-order valence-corrected chi connectivity index (χ1v) is 8.02. The highest BCUT2D eigenvalue weighted by Gasteiger charge is 2.14. The highest BCUT2D eigenvalue weighted by molar-refractivity contribution is 9.13. The Hall–Kier alpha value is -0.750. The predicted octanol–water partition coefficient (Wildman–Crippen LogP) is 5.98. The van der Waals surface area contributed by atoms with Crippen LogP contribution >= 0.6 is 55.1 Å². The molecule has 0 fully saturated rings. The first kappa shape index (κ1) is 16.6. The molecular weight excluding hydrogens is 445 g/mol. The van der Waals surface area contributed by atoms with E-state index in [9.17, 15) is 5.11 Å². The molecule has 0 saturated carbocycles. The number of phenols is 1. The summed E-state index contributed by atoms with van der Waals surface area (Å²) in [4.78, 5) is 4.28. The lowest BCUT2D eigenvalue weighted by Crippen LogP contribution is -1.91. The minimum atomic E-state index is -0.00335. The van der Waals surface area contributed by atoms with Crippen molar-refractivity contribution in [3.05, 3.63) is 48.8 Å². The van der Waals surface area contributed by atoms with Gasteiger partial charge in [0.25, 0.3) is 0 Å². The van der Waals surface area contributed by atoms with Crippen LogP contribution in [0.1, 0.15) is 5.56 Å². The van der Waals surface area contributed by atoms with Crippen LogP contribution < -0.4 is 4.74 Å². The maximum absolute atomic E-state index is 10.2. The molecule has 3 nitrogen and oxygen atoms in total. The zero-order chi connectivity index (χ0) is 15.6. The largest absolute Gasteiger partial charge is 0.504 e. The molecule has 2 aromatic rings.